The maximum atomic E-state index is 12.7. The Morgan fingerprint density at radius 3 is 2.83 bits per heavy atom. The molecule has 4 nitrogen and oxygen atoms in total. The van der Waals surface area contributed by atoms with E-state index in [9.17, 15) is 4.79 Å². The molecule has 1 atom stereocenters. The summed E-state index contributed by atoms with van der Waals surface area (Å²) in [6.07, 6.45) is 3.83. The lowest BCUT2D eigenvalue weighted by molar-refractivity contribution is 0.102. The lowest BCUT2D eigenvalue weighted by Gasteiger charge is -2.15. The normalized spacial score (nSPS) is 17.0. The number of nitrogens with one attached hydrogen (secondary N) is 1. The number of amides is 1. The molecule has 1 aliphatic carbocycles. The van der Waals surface area contributed by atoms with Crippen molar-refractivity contribution in [3.8, 4) is 0 Å². The Morgan fingerprint density at radius 2 is 2.17 bits per heavy atom. The van der Waals surface area contributed by atoms with E-state index in [-0.39, 0.29) is 7.33 Å². The molecule has 1 amide bonds. The van der Waals surface area contributed by atoms with E-state index >= 15 is 0 Å². The minimum Gasteiger partial charge on any atom is -0.322 e. The van der Waals surface area contributed by atoms with Gasteiger partial charge in [-0.05, 0) is 42.5 Å². The van der Waals surface area contributed by atoms with E-state index in [1.165, 1.54) is 11.3 Å². The molecular formula is C19H23N3O. The molecule has 120 valence electrons. The Kier molecular flexibility index (Phi) is 4.15. The summed E-state index contributed by atoms with van der Waals surface area (Å²) in [4.78, 5) is 17.1. The number of rotatable bonds is 3. The first kappa shape index (κ1) is 15.3. The zero-order chi connectivity index (χ0) is 16.4. The van der Waals surface area contributed by atoms with Crippen molar-refractivity contribution in [1.29, 1.82) is 0 Å². The summed E-state index contributed by atoms with van der Waals surface area (Å²) in [7, 11) is 1.71. The van der Waals surface area contributed by atoms with Gasteiger partial charge in [-0.25, -0.2) is 0 Å². The van der Waals surface area contributed by atoms with Gasteiger partial charge in [0.05, 0.1) is 5.56 Å². The number of pyridine rings is 1. The molecule has 1 aromatic carbocycles. The van der Waals surface area contributed by atoms with Crippen molar-refractivity contribution < 1.29 is 6.22 Å². The second-order valence-electron chi connectivity index (χ2n) is 5.82. The van der Waals surface area contributed by atoms with E-state index < -0.39 is 0 Å². The van der Waals surface area contributed by atoms with Crippen LogP contribution < -0.4 is 10.8 Å². The average molecular weight is 309 g/mol. The van der Waals surface area contributed by atoms with Crippen LogP contribution in [-0.2, 0) is 6.42 Å². The quantitative estimate of drug-likeness (QED) is 0.924. The first-order valence-corrected chi connectivity index (χ1v) is 7.85. The maximum Gasteiger partial charge on any atom is 0.259 e. The molecule has 2 aromatic rings. The highest BCUT2D eigenvalue weighted by atomic mass is 16.1. The number of nitrogens with zero attached hydrogens (tertiary/aromatic N) is 2. The highest BCUT2D eigenvalue weighted by molar-refractivity contribution is 6.04. The third-order valence-electron chi connectivity index (χ3n) is 4.41. The van der Waals surface area contributed by atoms with Gasteiger partial charge in [-0.2, -0.15) is 0 Å². The van der Waals surface area contributed by atoms with Crippen LogP contribution in [0, 0.1) is 0 Å². The first-order valence-electron chi connectivity index (χ1n) is 7.85. The van der Waals surface area contributed by atoms with Crippen LogP contribution in [0.3, 0.4) is 0 Å². The highest BCUT2D eigenvalue weighted by Gasteiger charge is 2.24. The number of carbonyl (C=O) groups excluding carboxylic acids is 1. The molecule has 1 N–H and O–H groups in total. The van der Waals surface area contributed by atoms with Gasteiger partial charge in [-0.1, -0.05) is 31.7 Å². The van der Waals surface area contributed by atoms with Gasteiger partial charge in [0, 0.05) is 26.1 Å². The van der Waals surface area contributed by atoms with Gasteiger partial charge in [0.2, 0.25) is 0 Å². The molecule has 1 aromatic heterocycles. The molecule has 0 aliphatic heterocycles. The lowest BCUT2D eigenvalue weighted by Crippen LogP contribution is -2.30. The average Bonchev–Trinajstić information content (AvgIpc) is 2.95. The Hall–Kier alpha value is -2.62. The van der Waals surface area contributed by atoms with Gasteiger partial charge in [0.15, 0.2) is 0 Å². The van der Waals surface area contributed by atoms with E-state index in [0.29, 0.717) is 17.0 Å². The number of carbonyl (C=O) groups is 1. The van der Waals surface area contributed by atoms with Crippen molar-refractivity contribution in [2.75, 3.05) is 12.4 Å². The van der Waals surface area contributed by atoms with E-state index in [1.807, 2.05) is 41.0 Å². The van der Waals surface area contributed by atoms with Crippen LogP contribution in [0.25, 0.3) is 6.20 Å². The van der Waals surface area contributed by atoms with Gasteiger partial charge in [-0.3, -0.25) is 9.79 Å². The summed E-state index contributed by atoms with van der Waals surface area (Å²) in [5.41, 5.74) is 4.45. The Morgan fingerprint density at radius 1 is 1.43 bits per heavy atom. The SMILES string of the molecule is C=Cn1c2c(cc(C(=O)Nc3ccccc3)c1=NC)[C@@H](C)CC2.[HH]. The monoisotopic (exact) mass is 309 g/mol. The molecule has 0 spiro atoms. The minimum atomic E-state index is -0.144. The smallest absolute Gasteiger partial charge is 0.259 e. The van der Waals surface area contributed by atoms with Crippen molar-refractivity contribution in [3.05, 3.63) is 65.3 Å². The van der Waals surface area contributed by atoms with E-state index in [2.05, 4.69) is 23.8 Å². The van der Waals surface area contributed by atoms with Crippen LogP contribution in [0.2, 0.25) is 0 Å². The third-order valence-corrected chi connectivity index (χ3v) is 4.41. The zero-order valence-electron chi connectivity index (χ0n) is 13.5. The summed E-state index contributed by atoms with van der Waals surface area (Å²) < 4.78 is 1.96. The maximum absolute atomic E-state index is 12.7. The van der Waals surface area contributed by atoms with Crippen LogP contribution in [-0.4, -0.2) is 17.5 Å². The van der Waals surface area contributed by atoms with E-state index in [4.69, 9.17) is 0 Å². The first-order chi connectivity index (χ1) is 11.2. The number of benzene rings is 1. The zero-order valence-corrected chi connectivity index (χ0v) is 13.5. The van der Waals surface area contributed by atoms with Crippen LogP contribution in [0.1, 0.15) is 42.3 Å². The second-order valence-corrected chi connectivity index (χ2v) is 5.82. The van der Waals surface area contributed by atoms with Crippen LogP contribution in [0.4, 0.5) is 5.69 Å². The van der Waals surface area contributed by atoms with Gasteiger partial charge < -0.3 is 9.88 Å². The Balaban J connectivity index is 0.00000208. The Bertz CT molecular complexity index is 824. The summed E-state index contributed by atoms with van der Waals surface area (Å²) in [5.74, 6) is 0.305. The molecule has 0 saturated carbocycles. The Labute approximate surface area is 137 Å². The molecule has 1 aliphatic rings. The van der Waals surface area contributed by atoms with Crippen molar-refractivity contribution in [2.45, 2.75) is 25.7 Å². The number of hydrogen-bond acceptors (Lipinski definition) is 2. The number of anilines is 1. The van der Waals surface area contributed by atoms with Crippen LogP contribution >= 0.6 is 0 Å². The van der Waals surface area contributed by atoms with Gasteiger partial charge in [-0.15, -0.1) is 0 Å². The largest absolute Gasteiger partial charge is 0.322 e. The molecule has 4 heteroatoms. The molecule has 23 heavy (non-hydrogen) atoms. The van der Waals surface area contributed by atoms with Gasteiger partial charge in [0.1, 0.15) is 5.49 Å². The number of hydrogen-bond donors (Lipinski definition) is 1. The topological polar surface area (TPSA) is 46.4 Å². The number of aromatic nitrogens is 1. The van der Waals surface area contributed by atoms with Crippen molar-refractivity contribution in [3.63, 3.8) is 0 Å². The minimum absolute atomic E-state index is 0. The van der Waals surface area contributed by atoms with Crippen LogP contribution in [0.15, 0.2) is 48.0 Å². The summed E-state index contributed by atoms with van der Waals surface area (Å²) in [6.45, 7) is 6.09. The molecule has 0 unspecified atom stereocenters. The molecule has 1 heterocycles. The van der Waals surface area contributed by atoms with Crippen molar-refractivity contribution in [2.24, 2.45) is 4.99 Å². The summed E-state index contributed by atoms with van der Waals surface area (Å²) in [6, 6.07) is 11.5. The van der Waals surface area contributed by atoms with E-state index in [0.717, 1.165) is 18.5 Å². The van der Waals surface area contributed by atoms with Gasteiger partial charge >= 0.3 is 0 Å². The van der Waals surface area contributed by atoms with Crippen molar-refractivity contribution in [1.82, 2.24) is 4.57 Å². The molecule has 3 rings (SSSR count). The fraction of sp³-hybridized carbons (Fsp3) is 0.263. The van der Waals surface area contributed by atoms with Gasteiger partial charge in [0.25, 0.3) is 5.91 Å². The number of fused-ring (bicyclic) bond motifs is 1. The predicted molar refractivity (Wildman–Crippen MR) is 95.6 cm³/mol. The lowest BCUT2D eigenvalue weighted by atomic mass is 10.0. The summed E-state index contributed by atoms with van der Waals surface area (Å²) in [5, 5.41) is 2.94. The molecule has 0 fully saturated rings. The third kappa shape index (κ3) is 2.72. The standard InChI is InChI=1S/C19H21N3O.H2/c1-4-22-17-11-10-13(2)15(17)12-16(18(22)20-3)19(23)21-14-8-6-5-7-9-14;/h4-9,12-13H,1,10-11H2,2-3H3,(H,21,23);1H/t13-;/m0./s1. The molecular weight excluding hydrogens is 286 g/mol. The van der Waals surface area contributed by atoms with Crippen molar-refractivity contribution >= 4 is 17.8 Å². The van der Waals surface area contributed by atoms with Crippen LogP contribution in [0.5, 0.6) is 0 Å². The molecule has 0 radical (unpaired) electrons. The highest BCUT2D eigenvalue weighted by Crippen LogP contribution is 2.32. The fourth-order valence-corrected chi connectivity index (χ4v) is 3.21. The predicted octanol–water partition coefficient (Wildman–Crippen LogP) is 3.67. The van der Waals surface area contributed by atoms with E-state index in [1.54, 1.807) is 13.2 Å². The molecule has 0 bridgehead atoms. The second kappa shape index (κ2) is 6.24. The molecule has 0 saturated heterocycles. The fourth-order valence-electron chi connectivity index (χ4n) is 3.21. The number of para-hydroxylation sites is 1. The summed E-state index contributed by atoms with van der Waals surface area (Å²) >= 11 is 0.